The SMILES string of the molecule is NC(=O)c1ccc(S(=O)(=O)N[C@H]2CCOc3ccccc32)cc1. The standard InChI is InChI=1S/C16H16N2O4S/c17-16(19)11-5-7-12(8-6-11)23(20,21)18-14-9-10-22-15-4-2-1-3-13(14)15/h1-8,14,18H,9-10H2,(H2,17,19)/t14-/m0/s1. The fourth-order valence-corrected chi connectivity index (χ4v) is 3.77. The van der Waals surface area contributed by atoms with Gasteiger partial charge in [-0.1, -0.05) is 18.2 Å². The van der Waals surface area contributed by atoms with Gasteiger partial charge >= 0.3 is 0 Å². The predicted molar refractivity (Wildman–Crippen MR) is 84.6 cm³/mol. The van der Waals surface area contributed by atoms with Gasteiger partial charge in [0.15, 0.2) is 0 Å². The summed E-state index contributed by atoms with van der Waals surface area (Å²) in [6.45, 7) is 0.449. The van der Waals surface area contributed by atoms with Crippen molar-refractivity contribution in [1.29, 1.82) is 0 Å². The lowest BCUT2D eigenvalue weighted by atomic mass is 10.0. The van der Waals surface area contributed by atoms with E-state index in [4.69, 9.17) is 10.5 Å². The molecule has 2 aromatic rings. The molecule has 0 radical (unpaired) electrons. The molecule has 0 aliphatic carbocycles. The first-order valence-electron chi connectivity index (χ1n) is 7.11. The van der Waals surface area contributed by atoms with Crippen molar-refractivity contribution in [2.45, 2.75) is 17.4 Å². The molecule has 1 amide bonds. The Morgan fingerprint density at radius 3 is 2.52 bits per heavy atom. The summed E-state index contributed by atoms with van der Waals surface area (Å²) in [5, 5.41) is 0. The minimum Gasteiger partial charge on any atom is -0.493 e. The van der Waals surface area contributed by atoms with E-state index in [9.17, 15) is 13.2 Å². The Morgan fingerprint density at radius 1 is 1.13 bits per heavy atom. The van der Waals surface area contributed by atoms with Gasteiger partial charge in [-0.15, -0.1) is 0 Å². The van der Waals surface area contributed by atoms with Gasteiger partial charge in [-0.25, -0.2) is 13.1 Å². The highest BCUT2D eigenvalue weighted by Crippen LogP contribution is 2.32. The number of hydrogen-bond donors (Lipinski definition) is 2. The van der Waals surface area contributed by atoms with E-state index < -0.39 is 15.9 Å². The third kappa shape index (κ3) is 3.20. The zero-order chi connectivity index (χ0) is 16.4. The number of carbonyl (C=O) groups excluding carboxylic acids is 1. The Balaban J connectivity index is 1.86. The smallest absolute Gasteiger partial charge is 0.248 e. The van der Waals surface area contributed by atoms with E-state index in [0.29, 0.717) is 18.8 Å². The van der Waals surface area contributed by atoms with Gasteiger partial charge in [0.1, 0.15) is 5.75 Å². The molecule has 1 heterocycles. The normalized spacial score (nSPS) is 17.1. The molecule has 23 heavy (non-hydrogen) atoms. The van der Waals surface area contributed by atoms with Crippen molar-refractivity contribution < 1.29 is 17.9 Å². The third-order valence-electron chi connectivity index (χ3n) is 3.71. The number of hydrogen-bond acceptors (Lipinski definition) is 4. The zero-order valence-corrected chi connectivity index (χ0v) is 13.0. The molecule has 120 valence electrons. The van der Waals surface area contributed by atoms with Gasteiger partial charge in [0.05, 0.1) is 17.5 Å². The van der Waals surface area contributed by atoms with Crippen LogP contribution >= 0.6 is 0 Å². The average molecular weight is 332 g/mol. The van der Waals surface area contributed by atoms with Crippen LogP contribution in [0.15, 0.2) is 53.4 Å². The van der Waals surface area contributed by atoms with Gasteiger partial charge < -0.3 is 10.5 Å². The van der Waals surface area contributed by atoms with Crippen LogP contribution in [-0.2, 0) is 10.0 Å². The Kier molecular flexibility index (Phi) is 4.06. The van der Waals surface area contributed by atoms with Crippen LogP contribution in [0.3, 0.4) is 0 Å². The number of carbonyl (C=O) groups is 1. The van der Waals surface area contributed by atoms with Crippen LogP contribution in [0.2, 0.25) is 0 Å². The van der Waals surface area contributed by atoms with Gasteiger partial charge in [-0.05, 0) is 30.3 Å². The van der Waals surface area contributed by atoms with Crippen LogP contribution in [0.4, 0.5) is 0 Å². The highest BCUT2D eigenvalue weighted by atomic mass is 32.2. The second kappa shape index (κ2) is 6.02. The minimum atomic E-state index is -3.70. The maximum Gasteiger partial charge on any atom is 0.248 e. The maximum atomic E-state index is 12.5. The molecule has 0 fully saturated rings. The number of sulfonamides is 1. The van der Waals surface area contributed by atoms with Crippen molar-refractivity contribution in [3.05, 3.63) is 59.7 Å². The van der Waals surface area contributed by atoms with Gasteiger partial charge in [0.25, 0.3) is 0 Å². The molecule has 1 aliphatic heterocycles. The zero-order valence-electron chi connectivity index (χ0n) is 12.2. The van der Waals surface area contributed by atoms with Crippen LogP contribution in [0, 0.1) is 0 Å². The Hall–Kier alpha value is -2.38. The largest absolute Gasteiger partial charge is 0.493 e. The summed E-state index contributed by atoms with van der Waals surface area (Å²) < 4.78 is 33.3. The first-order valence-corrected chi connectivity index (χ1v) is 8.59. The molecule has 3 rings (SSSR count). The highest BCUT2D eigenvalue weighted by molar-refractivity contribution is 7.89. The van der Waals surface area contributed by atoms with E-state index in [-0.39, 0.29) is 16.5 Å². The molecule has 3 N–H and O–H groups in total. The summed E-state index contributed by atoms with van der Waals surface area (Å²) in [4.78, 5) is 11.1. The molecule has 1 atom stereocenters. The van der Waals surface area contributed by atoms with Crippen molar-refractivity contribution in [2.75, 3.05) is 6.61 Å². The van der Waals surface area contributed by atoms with Crippen molar-refractivity contribution in [3.63, 3.8) is 0 Å². The van der Waals surface area contributed by atoms with Crippen LogP contribution in [0.5, 0.6) is 5.75 Å². The van der Waals surface area contributed by atoms with E-state index >= 15 is 0 Å². The van der Waals surface area contributed by atoms with E-state index in [1.807, 2.05) is 24.3 Å². The summed E-state index contributed by atoms with van der Waals surface area (Å²) in [6, 6.07) is 12.5. The quantitative estimate of drug-likeness (QED) is 0.888. The van der Waals surface area contributed by atoms with E-state index in [2.05, 4.69) is 4.72 Å². The number of fused-ring (bicyclic) bond motifs is 1. The second-order valence-electron chi connectivity index (χ2n) is 5.24. The molecule has 0 bridgehead atoms. The number of amides is 1. The van der Waals surface area contributed by atoms with Crippen molar-refractivity contribution in [1.82, 2.24) is 4.72 Å². The number of ether oxygens (including phenoxy) is 1. The number of benzene rings is 2. The molecular weight excluding hydrogens is 316 g/mol. The van der Waals surface area contributed by atoms with Crippen LogP contribution < -0.4 is 15.2 Å². The molecule has 0 saturated heterocycles. The lowest BCUT2D eigenvalue weighted by molar-refractivity contribution is 0.1000. The molecule has 0 unspecified atom stereocenters. The summed E-state index contributed by atoms with van der Waals surface area (Å²) in [5.41, 5.74) is 6.24. The molecule has 0 spiro atoms. The van der Waals surface area contributed by atoms with Gasteiger partial charge in [0, 0.05) is 17.5 Å². The summed E-state index contributed by atoms with van der Waals surface area (Å²) in [6.07, 6.45) is 0.551. The predicted octanol–water partition coefficient (Wildman–Crippen LogP) is 1.59. The van der Waals surface area contributed by atoms with E-state index in [1.54, 1.807) is 0 Å². The van der Waals surface area contributed by atoms with Crippen LogP contribution in [-0.4, -0.2) is 20.9 Å². The summed E-state index contributed by atoms with van der Waals surface area (Å²) in [5.74, 6) is 0.0933. The highest BCUT2D eigenvalue weighted by Gasteiger charge is 2.26. The topological polar surface area (TPSA) is 98.5 Å². The Labute approximate surface area is 134 Å². The van der Waals surface area contributed by atoms with Gasteiger partial charge in [-0.3, -0.25) is 4.79 Å². The molecule has 7 heteroatoms. The lowest BCUT2D eigenvalue weighted by Gasteiger charge is -2.26. The molecule has 1 aliphatic rings. The van der Waals surface area contributed by atoms with Crippen molar-refractivity contribution in [3.8, 4) is 5.75 Å². The number of para-hydroxylation sites is 1. The third-order valence-corrected chi connectivity index (χ3v) is 5.19. The number of nitrogens with one attached hydrogen (secondary N) is 1. The molecular formula is C16H16N2O4S. The fourth-order valence-electron chi connectivity index (χ4n) is 2.52. The molecule has 6 nitrogen and oxygen atoms in total. The first-order chi connectivity index (χ1) is 11.0. The number of nitrogens with two attached hydrogens (primary N) is 1. The van der Waals surface area contributed by atoms with Crippen LogP contribution in [0.1, 0.15) is 28.4 Å². The monoisotopic (exact) mass is 332 g/mol. The van der Waals surface area contributed by atoms with E-state index in [0.717, 1.165) is 5.56 Å². The number of primary amides is 1. The van der Waals surface area contributed by atoms with Crippen LogP contribution in [0.25, 0.3) is 0 Å². The summed E-state index contributed by atoms with van der Waals surface area (Å²) in [7, 11) is -3.70. The van der Waals surface area contributed by atoms with Gasteiger partial charge in [0.2, 0.25) is 15.9 Å². The maximum absolute atomic E-state index is 12.5. The van der Waals surface area contributed by atoms with E-state index in [1.165, 1.54) is 24.3 Å². The molecule has 2 aromatic carbocycles. The second-order valence-corrected chi connectivity index (χ2v) is 6.95. The Morgan fingerprint density at radius 2 is 1.83 bits per heavy atom. The Bertz CT molecular complexity index is 831. The lowest BCUT2D eigenvalue weighted by Crippen LogP contribution is -2.32. The molecule has 0 aromatic heterocycles. The first kappa shape index (κ1) is 15.5. The van der Waals surface area contributed by atoms with Gasteiger partial charge in [-0.2, -0.15) is 0 Å². The average Bonchev–Trinajstić information content (AvgIpc) is 2.55. The fraction of sp³-hybridized carbons (Fsp3) is 0.188. The number of rotatable bonds is 4. The van der Waals surface area contributed by atoms with Crippen molar-refractivity contribution >= 4 is 15.9 Å². The minimum absolute atomic E-state index is 0.0893. The molecule has 0 saturated carbocycles. The van der Waals surface area contributed by atoms with Crippen molar-refractivity contribution in [2.24, 2.45) is 5.73 Å². The summed E-state index contributed by atoms with van der Waals surface area (Å²) >= 11 is 0.